The third-order valence-corrected chi connectivity index (χ3v) is 2.80. The summed E-state index contributed by atoms with van der Waals surface area (Å²) in [4.78, 5) is 8.51. The molecule has 0 aliphatic heterocycles. The lowest BCUT2D eigenvalue weighted by molar-refractivity contribution is 0.751. The third-order valence-electron chi connectivity index (χ3n) is 2.54. The lowest BCUT2D eigenvalue weighted by Gasteiger charge is -2.16. The van der Waals surface area contributed by atoms with Crippen molar-refractivity contribution in [3.63, 3.8) is 0 Å². The minimum absolute atomic E-state index is 0.466. The molecule has 80 valence electrons. The number of pyridine rings is 1. The van der Waals surface area contributed by atoms with Crippen LogP contribution in [0.5, 0.6) is 0 Å². The lowest BCUT2D eigenvalue weighted by Crippen LogP contribution is -2.24. The van der Waals surface area contributed by atoms with Crippen LogP contribution in [0.2, 0.25) is 5.15 Å². The van der Waals surface area contributed by atoms with Gasteiger partial charge in [-0.25, -0.2) is 14.6 Å². The van der Waals surface area contributed by atoms with Gasteiger partial charge in [-0.3, -0.25) is 0 Å². The topological polar surface area (TPSA) is 34.0 Å². The van der Waals surface area contributed by atoms with E-state index in [2.05, 4.69) is 9.97 Å². The summed E-state index contributed by atoms with van der Waals surface area (Å²) in [5.74, 6) is 0. The van der Waals surface area contributed by atoms with Crippen molar-refractivity contribution in [2.75, 3.05) is 19.1 Å². The molecule has 4 nitrogen and oxygen atoms in total. The Morgan fingerprint density at radius 3 is 2.60 bits per heavy atom. The van der Waals surface area contributed by atoms with Gasteiger partial charge >= 0.3 is 0 Å². The van der Waals surface area contributed by atoms with Crippen LogP contribution in [0.25, 0.3) is 11.0 Å². The van der Waals surface area contributed by atoms with Crippen LogP contribution in [0, 0.1) is 13.8 Å². The van der Waals surface area contributed by atoms with Crippen molar-refractivity contribution >= 4 is 22.6 Å². The maximum absolute atomic E-state index is 6.05. The Balaban J connectivity index is 2.89. The van der Waals surface area contributed by atoms with Gasteiger partial charge in [0.15, 0.2) is 5.15 Å². The van der Waals surface area contributed by atoms with Crippen molar-refractivity contribution in [3.05, 3.63) is 22.7 Å². The van der Waals surface area contributed by atoms with Gasteiger partial charge in [0, 0.05) is 19.8 Å². The highest BCUT2D eigenvalue weighted by Crippen LogP contribution is 2.24. The Morgan fingerprint density at radius 1 is 1.33 bits per heavy atom. The summed E-state index contributed by atoms with van der Waals surface area (Å²) in [6, 6.07) is 0. The van der Waals surface area contributed by atoms with Crippen molar-refractivity contribution in [2.45, 2.75) is 13.8 Å². The van der Waals surface area contributed by atoms with Crippen molar-refractivity contribution in [1.82, 2.24) is 14.6 Å². The van der Waals surface area contributed by atoms with E-state index in [9.17, 15) is 0 Å². The van der Waals surface area contributed by atoms with Crippen LogP contribution < -0.4 is 5.01 Å². The molecule has 0 fully saturated rings. The quantitative estimate of drug-likeness (QED) is 0.694. The molecular weight excluding hydrogens is 212 g/mol. The largest absolute Gasteiger partial charge is 0.317 e. The Morgan fingerprint density at radius 2 is 2.00 bits per heavy atom. The molecule has 5 heteroatoms. The molecule has 0 atom stereocenters. The number of hydrogen-bond donors (Lipinski definition) is 0. The molecule has 0 bridgehead atoms. The summed E-state index contributed by atoms with van der Waals surface area (Å²) >= 11 is 6.05. The van der Waals surface area contributed by atoms with Crippen molar-refractivity contribution in [1.29, 1.82) is 0 Å². The molecule has 2 rings (SSSR count). The van der Waals surface area contributed by atoms with Gasteiger partial charge in [-0.1, -0.05) is 11.6 Å². The number of fused-ring (bicyclic) bond motifs is 1. The summed E-state index contributed by atoms with van der Waals surface area (Å²) in [6.07, 6.45) is 1.75. The molecule has 0 aromatic carbocycles. The normalized spacial score (nSPS) is 11.0. The second kappa shape index (κ2) is 3.38. The maximum Gasteiger partial charge on any atom is 0.157 e. The van der Waals surface area contributed by atoms with E-state index in [4.69, 9.17) is 11.6 Å². The summed E-state index contributed by atoms with van der Waals surface area (Å²) in [7, 11) is 3.93. The first-order valence-electron chi connectivity index (χ1n) is 4.69. The Bertz CT molecular complexity index is 516. The summed E-state index contributed by atoms with van der Waals surface area (Å²) in [5, 5.41) is 2.42. The van der Waals surface area contributed by atoms with Crippen LogP contribution in [0.4, 0.5) is 0 Å². The average Bonchev–Trinajstić information content (AvgIpc) is 2.58. The third kappa shape index (κ3) is 1.45. The zero-order valence-electron chi connectivity index (χ0n) is 9.24. The van der Waals surface area contributed by atoms with Gasteiger partial charge in [0.1, 0.15) is 11.8 Å². The first kappa shape index (κ1) is 10.2. The predicted octanol–water partition coefficient (Wildman–Crippen LogP) is 1.90. The molecule has 0 spiro atoms. The van der Waals surface area contributed by atoms with Crippen molar-refractivity contribution < 1.29 is 0 Å². The van der Waals surface area contributed by atoms with Gasteiger partial charge in [0.25, 0.3) is 0 Å². The first-order valence-corrected chi connectivity index (χ1v) is 5.07. The molecule has 0 radical (unpaired) electrons. The van der Waals surface area contributed by atoms with E-state index >= 15 is 0 Å². The fourth-order valence-corrected chi connectivity index (χ4v) is 1.86. The summed E-state index contributed by atoms with van der Waals surface area (Å²) < 4.78 is 1.96. The number of imidazole rings is 1. The van der Waals surface area contributed by atoms with E-state index in [-0.39, 0.29) is 0 Å². The second-order valence-electron chi connectivity index (χ2n) is 3.75. The van der Waals surface area contributed by atoms with Gasteiger partial charge in [-0.05, 0) is 19.4 Å². The highest BCUT2D eigenvalue weighted by Gasteiger charge is 2.13. The monoisotopic (exact) mass is 224 g/mol. The van der Waals surface area contributed by atoms with Crippen molar-refractivity contribution in [2.24, 2.45) is 0 Å². The summed E-state index contributed by atoms with van der Waals surface area (Å²) in [5.41, 5.74) is 3.84. The molecule has 0 N–H and O–H groups in total. The molecule has 0 amide bonds. The summed E-state index contributed by atoms with van der Waals surface area (Å²) in [6.45, 7) is 3.98. The molecule has 0 saturated carbocycles. The molecule has 0 aliphatic carbocycles. The molecular formula is C10H13ClN4. The van der Waals surface area contributed by atoms with Crippen LogP contribution in [-0.2, 0) is 0 Å². The standard InChI is InChI=1S/C10H13ClN4/c1-6-7(2)13-10(11)8-9(6)15(5-12-8)14(3)4/h5H,1-4H3. The van der Waals surface area contributed by atoms with E-state index in [0.717, 1.165) is 22.3 Å². The molecule has 2 aromatic heterocycles. The van der Waals surface area contributed by atoms with Gasteiger partial charge in [-0.2, -0.15) is 0 Å². The van der Waals surface area contributed by atoms with E-state index in [1.54, 1.807) is 6.33 Å². The number of nitrogens with zero attached hydrogens (tertiary/aromatic N) is 4. The second-order valence-corrected chi connectivity index (χ2v) is 4.10. The van der Waals surface area contributed by atoms with Crippen LogP contribution in [0.3, 0.4) is 0 Å². The minimum Gasteiger partial charge on any atom is -0.317 e. The van der Waals surface area contributed by atoms with Gasteiger partial charge < -0.3 is 5.01 Å². The Hall–Kier alpha value is -1.29. The van der Waals surface area contributed by atoms with E-state index < -0.39 is 0 Å². The number of rotatable bonds is 1. The molecule has 2 aromatic rings. The lowest BCUT2D eigenvalue weighted by atomic mass is 10.2. The fourth-order valence-electron chi connectivity index (χ4n) is 1.60. The first-order chi connectivity index (χ1) is 7.02. The minimum atomic E-state index is 0.466. The van der Waals surface area contributed by atoms with Gasteiger partial charge in [-0.15, -0.1) is 0 Å². The van der Waals surface area contributed by atoms with E-state index in [0.29, 0.717) is 5.15 Å². The molecule has 0 unspecified atom stereocenters. The van der Waals surface area contributed by atoms with Crippen molar-refractivity contribution in [3.8, 4) is 0 Å². The Labute approximate surface area is 93.5 Å². The zero-order chi connectivity index (χ0) is 11.2. The van der Waals surface area contributed by atoms with Gasteiger partial charge in [0.2, 0.25) is 0 Å². The number of aryl methyl sites for hydroxylation is 2. The maximum atomic E-state index is 6.05. The van der Waals surface area contributed by atoms with Gasteiger partial charge in [0.05, 0.1) is 5.52 Å². The fraction of sp³-hybridized carbons (Fsp3) is 0.400. The van der Waals surface area contributed by atoms with Crippen LogP contribution in [-0.4, -0.2) is 28.7 Å². The van der Waals surface area contributed by atoms with E-state index in [1.165, 1.54) is 0 Å². The number of hydrogen-bond acceptors (Lipinski definition) is 3. The highest BCUT2D eigenvalue weighted by atomic mass is 35.5. The SMILES string of the molecule is Cc1nc(Cl)c2ncn(N(C)C)c2c1C. The molecule has 15 heavy (non-hydrogen) atoms. The van der Waals surface area contributed by atoms with Crippen LogP contribution in [0.15, 0.2) is 6.33 Å². The molecule has 0 aliphatic rings. The smallest absolute Gasteiger partial charge is 0.157 e. The average molecular weight is 225 g/mol. The number of aromatic nitrogens is 3. The molecule has 0 saturated heterocycles. The van der Waals surface area contributed by atoms with Crippen LogP contribution in [0.1, 0.15) is 11.3 Å². The molecule has 2 heterocycles. The zero-order valence-corrected chi connectivity index (χ0v) is 10.0. The number of halogens is 1. The highest BCUT2D eigenvalue weighted by molar-refractivity contribution is 6.33. The van der Waals surface area contributed by atoms with Crippen LogP contribution >= 0.6 is 11.6 Å². The van der Waals surface area contributed by atoms with E-state index in [1.807, 2.05) is 37.6 Å². The predicted molar refractivity (Wildman–Crippen MR) is 62.1 cm³/mol. The Kier molecular flexibility index (Phi) is 2.31.